The van der Waals surface area contributed by atoms with Gasteiger partial charge in [-0.05, 0) is 37.8 Å². The van der Waals surface area contributed by atoms with Crippen LogP contribution < -0.4 is 10.5 Å². The molecule has 3 heteroatoms. The number of unbranched alkanes of at least 4 members (excludes halogenated alkanes) is 12. The zero-order valence-electron chi connectivity index (χ0n) is 20.0. The maximum atomic E-state index is 11.9. The first kappa shape index (κ1) is 26.5. The predicted octanol–water partition coefficient (Wildman–Crippen LogP) is 7.82. The number of rotatable bonds is 19. The van der Waals surface area contributed by atoms with Gasteiger partial charge < -0.3 is 10.5 Å². The summed E-state index contributed by atoms with van der Waals surface area (Å²) < 4.78 is 5.91. The molecule has 0 saturated carbocycles. The van der Waals surface area contributed by atoms with E-state index in [1.807, 2.05) is 37.3 Å². The van der Waals surface area contributed by atoms with Crippen LogP contribution in [0.1, 0.15) is 117 Å². The second kappa shape index (κ2) is 16.2. The molecule has 0 saturated heterocycles. The molecular weight excluding hydrogens is 370 g/mol. The summed E-state index contributed by atoms with van der Waals surface area (Å²) in [5, 5.41) is 0. The Kier molecular flexibility index (Phi) is 14.3. The van der Waals surface area contributed by atoms with Gasteiger partial charge in [0, 0.05) is 0 Å². The molecule has 30 heavy (non-hydrogen) atoms. The van der Waals surface area contributed by atoms with E-state index in [-0.39, 0.29) is 5.91 Å². The van der Waals surface area contributed by atoms with Crippen LogP contribution in [0, 0.1) is 5.92 Å². The molecule has 0 spiro atoms. The summed E-state index contributed by atoms with van der Waals surface area (Å²) >= 11 is 0. The van der Waals surface area contributed by atoms with Gasteiger partial charge in [0.1, 0.15) is 5.75 Å². The molecule has 172 valence electrons. The van der Waals surface area contributed by atoms with Crippen LogP contribution in [0.4, 0.5) is 0 Å². The van der Waals surface area contributed by atoms with Crippen molar-refractivity contribution in [3.05, 3.63) is 30.3 Å². The van der Waals surface area contributed by atoms with Crippen LogP contribution in [0.15, 0.2) is 30.3 Å². The highest BCUT2D eigenvalue weighted by atomic mass is 16.5. The Labute approximate surface area is 186 Å². The minimum absolute atomic E-state index is 0.383. The van der Waals surface area contributed by atoms with E-state index in [0.29, 0.717) is 12.2 Å². The largest absolute Gasteiger partial charge is 0.478 e. The zero-order chi connectivity index (χ0) is 22.1. The summed E-state index contributed by atoms with van der Waals surface area (Å²) in [5.41, 5.74) is 4.70. The zero-order valence-corrected chi connectivity index (χ0v) is 20.0. The fourth-order valence-electron chi connectivity index (χ4n) is 3.93. The van der Waals surface area contributed by atoms with Gasteiger partial charge in [0.05, 0.1) is 0 Å². The lowest BCUT2D eigenvalue weighted by Gasteiger charge is -2.27. The average molecular weight is 418 g/mol. The Morgan fingerprint density at radius 3 is 1.67 bits per heavy atom. The molecule has 1 unspecified atom stereocenters. The molecule has 1 aromatic rings. The number of nitrogens with two attached hydrogens (primary N) is 1. The molecular formula is C27H47NO2. The number of hydrogen-bond donors (Lipinski definition) is 1. The van der Waals surface area contributed by atoms with Crippen molar-refractivity contribution in [1.82, 2.24) is 0 Å². The Morgan fingerprint density at radius 1 is 0.800 bits per heavy atom. The van der Waals surface area contributed by atoms with E-state index in [9.17, 15) is 4.79 Å². The topological polar surface area (TPSA) is 52.3 Å². The molecule has 0 fully saturated rings. The standard InChI is InChI=1S/C27H47NO2/c1-24(2)20-16-13-11-9-7-5-4-6-8-10-12-14-19-23-27(3,26(28)29)30-25-21-17-15-18-22-25/h15,17-18,21-22,24H,4-14,16,19-20,23H2,1-3H3,(H2,28,29). The van der Waals surface area contributed by atoms with E-state index in [4.69, 9.17) is 10.5 Å². The fourth-order valence-corrected chi connectivity index (χ4v) is 3.93. The number of primary amides is 1. The molecule has 0 aliphatic carbocycles. The second-order valence-corrected chi connectivity index (χ2v) is 9.54. The van der Waals surface area contributed by atoms with Gasteiger partial charge in [-0.25, -0.2) is 0 Å². The number of carbonyl (C=O) groups excluding carboxylic acids is 1. The number of para-hydroxylation sites is 1. The monoisotopic (exact) mass is 417 g/mol. The van der Waals surface area contributed by atoms with Crippen molar-refractivity contribution >= 4 is 5.91 Å². The predicted molar refractivity (Wildman–Crippen MR) is 129 cm³/mol. The van der Waals surface area contributed by atoms with Crippen molar-refractivity contribution in [3.8, 4) is 5.75 Å². The SMILES string of the molecule is CC(C)CCCCCCCCCCCCCCCC(C)(Oc1ccccc1)C(N)=O. The van der Waals surface area contributed by atoms with Crippen molar-refractivity contribution in [2.75, 3.05) is 0 Å². The van der Waals surface area contributed by atoms with Crippen LogP contribution in [-0.2, 0) is 4.79 Å². The number of benzene rings is 1. The maximum absolute atomic E-state index is 11.9. The van der Waals surface area contributed by atoms with Crippen molar-refractivity contribution in [2.45, 2.75) is 123 Å². The first-order valence-corrected chi connectivity index (χ1v) is 12.5. The van der Waals surface area contributed by atoms with Gasteiger partial charge in [-0.15, -0.1) is 0 Å². The molecule has 0 aromatic heterocycles. The summed E-state index contributed by atoms with van der Waals surface area (Å²) in [4.78, 5) is 11.9. The third-order valence-electron chi connectivity index (χ3n) is 6.04. The van der Waals surface area contributed by atoms with Gasteiger partial charge >= 0.3 is 0 Å². The summed E-state index contributed by atoms with van der Waals surface area (Å²) in [5.74, 6) is 1.18. The quantitative estimate of drug-likeness (QED) is 0.233. The lowest BCUT2D eigenvalue weighted by Crippen LogP contribution is -2.46. The van der Waals surface area contributed by atoms with Crippen molar-refractivity contribution in [2.24, 2.45) is 11.7 Å². The minimum atomic E-state index is -0.920. The summed E-state index contributed by atoms with van der Waals surface area (Å²) in [7, 11) is 0. The summed E-state index contributed by atoms with van der Waals surface area (Å²) in [6, 6.07) is 9.49. The third kappa shape index (κ3) is 12.9. The van der Waals surface area contributed by atoms with E-state index in [1.165, 1.54) is 77.0 Å². The molecule has 1 aromatic carbocycles. The molecule has 0 heterocycles. The van der Waals surface area contributed by atoms with E-state index in [2.05, 4.69) is 13.8 Å². The van der Waals surface area contributed by atoms with Gasteiger partial charge in [-0.1, -0.05) is 116 Å². The van der Waals surface area contributed by atoms with Gasteiger partial charge in [0.25, 0.3) is 5.91 Å². The number of amides is 1. The van der Waals surface area contributed by atoms with Crippen LogP contribution in [0.5, 0.6) is 5.75 Å². The number of carbonyl (C=O) groups is 1. The van der Waals surface area contributed by atoms with E-state index < -0.39 is 5.60 Å². The van der Waals surface area contributed by atoms with E-state index >= 15 is 0 Å². The normalized spacial score (nSPS) is 13.3. The first-order chi connectivity index (χ1) is 14.4. The van der Waals surface area contributed by atoms with Crippen LogP contribution in [0.2, 0.25) is 0 Å². The Hall–Kier alpha value is -1.51. The summed E-state index contributed by atoms with van der Waals surface area (Å²) in [6.45, 7) is 6.45. The molecule has 1 rings (SSSR count). The molecule has 1 amide bonds. The summed E-state index contributed by atoms with van der Waals surface area (Å²) in [6.07, 6.45) is 19.3. The molecule has 0 aliphatic heterocycles. The smallest absolute Gasteiger partial charge is 0.261 e. The fraction of sp³-hybridized carbons (Fsp3) is 0.741. The first-order valence-electron chi connectivity index (χ1n) is 12.5. The molecule has 1 atom stereocenters. The Bertz CT molecular complexity index is 543. The second-order valence-electron chi connectivity index (χ2n) is 9.54. The minimum Gasteiger partial charge on any atom is -0.478 e. The highest BCUT2D eigenvalue weighted by Gasteiger charge is 2.32. The van der Waals surface area contributed by atoms with Crippen LogP contribution >= 0.6 is 0 Å². The molecule has 0 radical (unpaired) electrons. The van der Waals surface area contributed by atoms with Gasteiger partial charge in [0.2, 0.25) is 0 Å². The maximum Gasteiger partial charge on any atom is 0.261 e. The third-order valence-corrected chi connectivity index (χ3v) is 6.04. The molecule has 3 nitrogen and oxygen atoms in total. The van der Waals surface area contributed by atoms with Crippen LogP contribution in [-0.4, -0.2) is 11.5 Å². The van der Waals surface area contributed by atoms with Crippen molar-refractivity contribution < 1.29 is 9.53 Å². The number of hydrogen-bond acceptors (Lipinski definition) is 2. The van der Waals surface area contributed by atoms with E-state index in [0.717, 1.165) is 18.8 Å². The van der Waals surface area contributed by atoms with Gasteiger partial charge in [-0.2, -0.15) is 0 Å². The Morgan fingerprint density at radius 2 is 1.23 bits per heavy atom. The molecule has 0 bridgehead atoms. The molecule has 2 N–H and O–H groups in total. The van der Waals surface area contributed by atoms with E-state index in [1.54, 1.807) is 0 Å². The molecule has 0 aliphatic rings. The van der Waals surface area contributed by atoms with Gasteiger partial charge in [0.15, 0.2) is 5.60 Å². The Balaban J connectivity index is 1.97. The highest BCUT2D eigenvalue weighted by molar-refractivity contribution is 5.83. The van der Waals surface area contributed by atoms with Crippen molar-refractivity contribution in [3.63, 3.8) is 0 Å². The average Bonchev–Trinajstić information content (AvgIpc) is 2.71. The van der Waals surface area contributed by atoms with Crippen molar-refractivity contribution in [1.29, 1.82) is 0 Å². The van der Waals surface area contributed by atoms with Crippen LogP contribution in [0.25, 0.3) is 0 Å². The number of ether oxygens (including phenoxy) is 1. The van der Waals surface area contributed by atoms with Crippen LogP contribution in [0.3, 0.4) is 0 Å². The lowest BCUT2D eigenvalue weighted by molar-refractivity contribution is -0.132. The van der Waals surface area contributed by atoms with Gasteiger partial charge in [-0.3, -0.25) is 4.79 Å². The lowest BCUT2D eigenvalue weighted by atomic mass is 9.96. The highest BCUT2D eigenvalue weighted by Crippen LogP contribution is 2.24.